The maximum Gasteiger partial charge on any atom is 0.259 e. The lowest BCUT2D eigenvalue weighted by molar-refractivity contribution is 0.0992. The van der Waals surface area contributed by atoms with E-state index < -0.39 is 0 Å². The second kappa shape index (κ2) is 5.80. The zero-order valence-electron chi connectivity index (χ0n) is 10.7. The van der Waals surface area contributed by atoms with E-state index in [2.05, 4.69) is 28.6 Å². The molecule has 1 amide bonds. The quantitative estimate of drug-likeness (QED) is 0.810. The largest absolute Gasteiger partial charge is 0.311 e. The van der Waals surface area contributed by atoms with Gasteiger partial charge in [-0.2, -0.15) is 0 Å². The van der Waals surface area contributed by atoms with E-state index in [-0.39, 0.29) is 5.91 Å². The molecule has 2 aromatic rings. The molecule has 0 aliphatic rings. The average molecular weight is 336 g/mol. The van der Waals surface area contributed by atoms with E-state index in [9.17, 15) is 4.79 Å². The first-order valence-electron chi connectivity index (χ1n) is 5.83. The van der Waals surface area contributed by atoms with Gasteiger partial charge in [-0.1, -0.05) is 18.2 Å². The molecule has 0 fully saturated rings. The number of anilines is 1. The van der Waals surface area contributed by atoms with Gasteiger partial charge in [0.1, 0.15) is 0 Å². The topological polar surface area (TPSA) is 20.3 Å². The zero-order valence-corrected chi connectivity index (χ0v) is 13.2. The van der Waals surface area contributed by atoms with Gasteiger partial charge in [-0.05, 0) is 52.7 Å². The lowest BCUT2D eigenvalue weighted by atomic mass is 10.1. The summed E-state index contributed by atoms with van der Waals surface area (Å²) in [5.74, 6) is -0.0583. The molecule has 2 nitrogen and oxygen atoms in total. The molecule has 0 saturated carbocycles. The standard InChI is InChI=1S/C15H14BrNOS/c1-10-5-3-4-6-14(10)17(2)15(18)12-9-11(19)7-8-13(12)16/h3-9,19H,1-2H3. The van der Waals surface area contributed by atoms with E-state index in [1.54, 1.807) is 18.0 Å². The van der Waals surface area contributed by atoms with Crippen LogP contribution in [0, 0.1) is 6.92 Å². The summed E-state index contributed by atoms with van der Waals surface area (Å²) in [6.45, 7) is 1.99. The molecule has 0 aromatic heterocycles. The molecule has 98 valence electrons. The fraction of sp³-hybridized carbons (Fsp3) is 0.133. The van der Waals surface area contributed by atoms with Crippen molar-refractivity contribution in [2.24, 2.45) is 0 Å². The van der Waals surface area contributed by atoms with E-state index in [0.29, 0.717) is 5.56 Å². The summed E-state index contributed by atoms with van der Waals surface area (Å²) in [5, 5.41) is 0. The van der Waals surface area contributed by atoms with Crippen molar-refractivity contribution in [1.29, 1.82) is 0 Å². The number of benzene rings is 2. The first-order valence-corrected chi connectivity index (χ1v) is 7.07. The van der Waals surface area contributed by atoms with Crippen LogP contribution >= 0.6 is 28.6 Å². The van der Waals surface area contributed by atoms with Crippen LogP contribution < -0.4 is 4.90 Å². The van der Waals surface area contributed by atoms with Crippen LogP contribution in [0.25, 0.3) is 0 Å². The van der Waals surface area contributed by atoms with Crippen molar-refractivity contribution in [1.82, 2.24) is 0 Å². The number of thiol groups is 1. The third-order valence-corrected chi connectivity index (χ3v) is 3.93. The third kappa shape index (κ3) is 3.01. The molecule has 0 aliphatic carbocycles. The molecule has 0 bridgehead atoms. The number of amides is 1. The van der Waals surface area contributed by atoms with Crippen LogP contribution in [-0.2, 0) is 0 Å². The minimum atomic E-state index is -0.0583. The Bertz CT molecular complexity index is 627. The fourth-order valence-electron chi connectivity index (χ4n) is 1.91. The Kier molecular flexibility index (Phi) is 4.32. The Morgan fingerprint density at radius 1 is 1.21 bits per heavy atom. The predicted octanol–water partition coefficient (Wildman–Crippen LogP) is 4.32. The molecule has 19 heavy (non-hydrogen) atoms. The van der Waals surface area contributed by atoms with Gasteiger partial charge in [-0.25, -0.2) is 0 Å². The normalized spacial score (nSPS) is 10.3. The molecular formula is C15H14BrNOS. The molecule has 4 heteroatoms. The number of nitrogens with zero attached hydrogens (tertiary/aromatic N) is 1. The van der Waals surface area contributed by atoms with Gasteiger partial charge in [0.15, 0.2) is 0 Å². The van der Waals surface area contributed by atoms with Gasteiger partial charge in [-0.3, -0.25) is 4.79 Å². The van der Waals surface area contributed by atoms with Crippen LogP contribution in [-0.4, -0.2) is 13.0 Å². The number of hydrogen-bond acceptors (Lipinski definition) is 2. The third-order valence-electron chi connectivity index (χ3n) is 2.96. The van der Waals surface area contributed by atoms with Crippen LogP contribution in [0.4, 0.5) is 5.69 Å². The minimum Gasteiger partial charge on any atom is -0.311 e. The molecule has 0 saturated heterocycles. The summed E-state index contributed by atoms with van der Waals surface area (Å²) in [6.07, 6.45) is 0. The van der Waals surface area contributed by atoms with Crippen LogP contribution in [0.1, 0.15) is 15.9 Å². The maximum atomic E-state index is 12.5. The molecule has 0 heterocycles. The Morgan fingerprint density at radius 2 is 1.89 bits per heavy atom. The number of aryl methyl sites for hydroxylation is 1. The summed E-state index contributed by atoms with van der Waals surface area (Å²) in [7, 11) is 1.78. The lowest BCUT2D eigenvalue weighted by Crippen LogP contribution is -2.27. The molecule has 2 aromatic carbocycles. The van der Waals surface area contributed by atoms with Crippen LogP contribution in [0.15, 0.2) is 51.8 Å². The predicted molar refractivity (Wildman–Crippen MR) is 85.3 cm³/mol. The first-order chi connectivity index (χ1) is 9.00. The Hall–Kier alpha value is -1.26. The molecule has 0 unspecified atom stereocenters. The number of halogens is 1. The van der Waals surface area contributed by atoms with Gasteiger partial charge in [0.05, 0.1) is 5.56 Å². The summed E-state index contributed by atoms with van der Waals surface area (Å²) in [6, 6.07) is 13.3. The first kappa shape index (κ1) is 14.2. The van der Waals surface area contributed by atoms with Gasteiger partial charge in [0, 0.05) is 22.1 Å². The van der Waals surface area contributed by atoms with Crippen molar-refractivity contribution >= 4 is 40.2 Å². The second-order valence-corrected chi connectivity index (χ2v) is 5.69. The van der Waals surface area contributed by atoms with E-state index in [4.69, 9.17) is 0 Å². The Balaban J connectivity index is 2.39. The number of rotatable bonds is 2. The molecular weight excluding hydrogens is 322 g/mol. The van der Waals surface area contributed by atoms with Gasteiger partial charge in [-0.15, -0.1) is 12.6 Å². The summed E-state index contributed by atoms with van der Waals surface area (Å²) < 4.78 is 0.774. The zero-order chi connectivity index (χ0) is 14.0. The van der Waals surface area contributed by atoms with Gasteiger partial charge < -0.3 is 4.90 Å². The van der Waals surface area contributed by atoms with E-state index in [1.807, 2.05) is 43.3 Å². The summed E-state index contributed by atoms with van der Waals surface area (Å²) in [5.41, 5.74) is 2.58. The SMILES string of the molecule is Cc1ccccc1N(C)C(=O)c1cc(S)ccc1Br. The smallest absolute Gasteiger partial charge is 0.259 e. The summed E-state index contributed by atoms with van der Waals surface area (Å²) in [4.78, 5) is 15.0. The molecule has 0 aliphatic heterocycles. The number of para-hydroxylation sites is 1. The van der Waals surface area contributed by atoms with Gasteiger partial charge in [0.25, 0.3) is 5.91 Å². The maximum absolute atomic E-state index is 12.5. The van der Waals surface area contributed by atoms with Crippen molar-refractivity contribution in [2.75, 3.05) is 11.9 Å². The van der Waals surface area contributed by atoms with Crippen molar-refractivity contribution < 1.29 is 4.79 Å². The number of carbonyl (C=O) groups is 1. The Morgan fingerprint density at radius 3 is 2.58 bits per heavy atom. The van der Waals surface area contributed by atoms with Crippen molar-refractivity contribution in [3.63, 3.8) is 0 Å². The molecule has 0 spiro atoms. The lowest BCUT2D eigenvalue weighted by Gasteiger charge is -2.20. The number of hydrogen-bond donors (Lipinski definition) is 1. The van der Waals surface area contributed by atoms with Crippen LogP contribution in [0.3, 0.4) is 0 Å². The highest BCUT2D eigenvalue weighted by Gasteiger charge is 2.17. The van der Waals surface area contributed by atoms with Gasteiger partial charge in [0.2, 0.25) is 0 Å². The monoisotopic (exact) mass is 335 g/mol. The van der Waals surface area contributed by atoms with E-state index >= 15 is 0 Å². The average Bonchev–Trinajstić information content (AvgIpc) is 2.40. The Labute approximate surface area is 127 Å². The van der Waals surface area contributed by atoms with Crippen LogP contribution in [0.2, 0.25) is 0 Å². The van der Waals surface area contributed by atoms with Crippen molar-refractivity contribution in [2.45, 2.75) is 11.8 Å². The molecule has 0 N–H and O–H groups in total. The highest BCUT2D eigenvalue weighted by molar-refractivity contribution is 9.10. The molecule has 2 rings (SSSR count). The van der Waals surface area contributed by atoms with E-state index in [1.165, 1.54) is 0 Å². The highest BCUT2D eigenvalue weighted by atomic mass is 79.9. The second-order valence-electron chi connectivity index (χ2n) is 4.31. The van der Waals surface area contributed by atoms with Crippen LogP contribution in [0.5, 0.6) is 0 Å². The highest BCUT2D eigenvalue weighted by Crippen LogP contribution is 2.25. The fourth-order valence-corrected chi connectivity index (χ4v) is 2.53. The molecule has 0 atom stereocenters. The van der Waals surface area contributed by atoms with Gasteiger partial charge >= 0.3 is 0 Å². The minimum absolute atomic E-state index is 0.0583. The molecule has 0 radical (unpaired) electrons. The van der Waals surface area contributed by atoms with E-state index in [0.717, 1.165) is 20.6 Å². The van der Waals surface area contributed by atoms with Crippen molar-refractivity contribution in [3.05, 3.63) is 58.1 Å². The number of carbonyl (C=O) groups excluding carboxylic acids is 1. The summed E-state index contributed by atoms with van der Waals surface area (Å²) >= 11 is 7.69. The van der Waals surface area contributed by atoms with Crippen molar-refractivity contribution in [3.8, 4) is 0 Å².